The van der Waals surface area contributed by atoms with Gasteiger partial charge in [-0.25, -0.2) is 0 Å². The summed E-state index contributed by atoms with van der Waals surface area (Å²) >= 11 is 12.0. The summed E-state index contributed by atoms with van der Waals surface area (Å²) in [7, 11) is 1.42. The summed E-state index contributed by atoms with van der Waals surface area (Å²) in [6, 6.07) is 11.1. The van der Waals surface area contributed by atoms with Gasteiger partial charge in [-0.1, -0.05) is 29.3 Å². The van der Waals surface area contributed by atoms with Gasteiger partial charge in [0.25, 0.3) is 11.8 Å². The molecule has 0 saturated carbocycles. The van der Waals surface area contributed by atoms with Crippen molar-refractivity contribution in [2.75, 3.05) is 12.4 Å². The van der Waals surface area contributed by atoms with Crippen LogP contribution in [0.15, 0.2) is 42.0 Å². The van der Waals surface area contributed by atoms with Gasteiger partial charge in [0.15, 0.2) is 17.6 Å². The molecule has 9 heteroatoms. The zero-order valence-electron chi connectivity index (χ0n) is 15.5. The smallest absolute Gasteiger partial charge is 0.265 e. The number of primary amides is 1. The van der Waals surface area contributed by atoms with E-state index in [-0.39, 0.29) is 5.57 Å². The largest absolute Gasteiger partial charge is 0.493 e. The first kappa shape index (κ1) is 22.1. The molecule has 2 aromatic carbocycles. The lowest BCUT2D eigenvalue weighted by Gasteiger charge is -2.17. The molecule has 150 valence electrons. The van der Waals surface area contributed by atoms with Gasteiger partial charge in [0.2, 0.25) is 0 Å². The second-order valence-electron chi connectivity index (χ2n) is 5.82. The van der Waals surface area contributed by atoms with E-state index in [4.69, 9.17) is 43.7 Å². The number of ether oxygens (including phenoxy) is 2. The highest BCUT2D eigenvalue weighted by atomic mass is 35.5. The van der Waals surface area contributed by atoms with Crippen LogP contribution in [0.5, 0.6) is 11.5 Å². The van der Waals surface area contributed by atoms with E-state index in [9.17, 15) is 9.59 Å². The Labute approximate surface area is 177 Å². The Kier molecular flexibility index (Phi) is 7.48. The number of nitrogens with zero attached hydrogens (tertiary/aromatic N) is 1. The number of benzene rings is 2. The number of carbonyl (C=O) groups is 2. The maximum atomic E-state index is 12.4. The lowest BCUT2D eigenvalue weighted by atomic mass is 10.1. The minimum absolute atomic E-state index is 0.202. The topological polar surface area (TPSA) is 114 Å². The molecule has 3 N–H and O–H groups in total. The van der Waals surface area contributed by atoms with Crippen LogP contribution in [0.3, 0.4) is 0 Å². The number of carbonyl (C=O) groups excluding carboxylic acids is 2. The van der Waals surface area contributed by atoms with Crippen LogP contribution in [0.25, 0.3) is 6.08 Å². The maximum absolute atomic E-state index is 12.4. The van der Waals surface area contributed by atoms with Crippen LogP contribution in [0.4, 0.5) is 5.69 Å². The van der Waals surface area contributed by atoms with Crippen molar-refractivity contribution >= 4 is 46.8 Å². The Morgan fingerprint density at radius 3 is 2.55 bits per heavy atom. The molecule has 2 aromatic rings. The van der Waals surface area contributed by atoms with Crippen molar-refractivity contribution in [2.24, 2.45) is 5.73 Å². The van der Waals surface area contributed by atoms with Gasteiger partial charge in [-0.2, -0.15) is 5.26 Å². The number of methoxy groups -OCH3 is 1. The van der Waals surface area contributed by atoms with E-state index in [0.717, 1.165) is 0 Å². The van der Waals surface area contributed by atoms with Crippen LogP contribution < -0.4 is 20.5 Å². The molecule has 7 nitrogen and oxygen atoms in total. The van der Waals surface area contributed by atoms with Crippen LogP contribution in [0.1, 0.15) is 12.5 Å². The fourth-order valence-electron chi connectivity index (χ4n) is 2.27. The molecule has 2 amide bonds. The van der Waals surface area contributed by atoms with Gasteiger partial charge in [0, 0.05) is 5.02 Å². The molecule has 0 aliphatic carbocycles. The van der Waals surface area contributed by atoms with Crippen molar-refractivity contribution in [3.8, 4) is 17.6 Å². The Bertz CT molecular complexity index is 1020. The van der Waals surface area contributed by atoms with E-state index >= 15 is 0 Å². The third-order valence-corrected chi connectivity index (χ3v) is 4.31. The Balaban J connectivity index is 2.18. The van der Waals surface area contributed by atoms with Crippen molar-refractivity contribution in [3.05, 3.63) is 57.6 Å². The quantitative estimate of drug-likeness (QED) is 0.508. The molecule has 2 rings (SSSR count). The van der Waals surface area contributed by atoms with E-state index in [0.29, 0.717) is 32.8 Å². The fraction of sp³-hybridized carbons (Fsp3) is 0.150. The second-order valence-corrected chi connectivity index (χ2v) is 6.66. The highest BCUT2D eigenvalue weighted by Crippen LogP contribution is 2.30. The maximum Gasteiger partial charge on any atom is 0.265 e. The van der Waals surface area contributed by atoms with Gasteiger partial charge in [-0.3, -0.25) is 9.59 Å². The molecule has 1 atom stereocenters. The van der Waals surface area contributed by atoms with E-state index in [2.05, 4.69) is 5.32 Å². The first-order valence-corrected chi connectivity index (χ1v) is 9.03. The monoisotopic (exact) mass is 433 g/mol. The number of hydrogen-bond acceptors (Lipinski definition) is 5. The molecule has 0 bridgehead atoms. The standard InChI is InChI=1S/C20H17Cl2N3O4/c1-11(20(27)25-16-9-14(21)4-5-15(16)22)29-17-6-3-12(8-18(17)28-2)7-13(10-23)19(24)26/h3-9,11H,1-2H3,(H2,24,26)(H,25,27). The molecule has 0 aliphatic rings. The van der Waals surface area contributed by atoms with Crippen molar-refractivity contribution in [1.29, 1.82) is 5.26 Å². The summed E-state index contributed by atoms with van der Waals surface area (Å²) in [4.78, 5) is 23.6. The molecule has 1 unspecified atom stereocenters. The Morgan fingerprint density at radius 2 is 1.93 bits per heavy atom. The average Bonchev–Trinajstić information content (AvgIpc) is 2.69. The van der Waals surface area contributed by atoms with Gasteiger partial charge in [-0.05, 0) is 48.9 Å². The molecular formula is C20H17Cl2N3O4. The van der Waals surface area contributed by atoms with Gasteiger partial charge in [-0.15, -0.1) is 0 Å². The minimum Gasteiger partial charge on any atom is -0.493 e. The average molecular weight is 434 g/mol. The summed E-state index contributed by atoms with van der Waals surface area (Å²) in [5, 5.41) is 12.4. The van der Waals surface area contributed by atoms with Crippen LogP contribution in [0, 0.1) is 11.3 Å². The number of rotatable bonds is 7. The number of nitrogens with two attached hydrogens (primary N) is 1. The zero-order chi connectivity index (χ0) is 21.6. The summed E-state index contributed by atoms with van der Waals surface area (Å²) in [5.74, 6) is -0.680. The van der Waals surface area contributed by atoms with Crippen molar-refractivity contribution in [2.45, 2.75) is 13.0 Å². The number of nitrogens with one attached hydrogen (secondary N) is 1. The number of halogens is 2. The Hall–Kier alpha value is -3.21. The zero-order valence-corrected chi connectivity index (χ0v) is 17.0. The molecule has 0 fully saturated rings. The van der Waals surface area contributed by atoms with Gasteiger partial charge >= 0.3 is 0 Å². The number of hydrogen-bond donors (Lipinski definition) is 2. The van der Waals surface area contributed by atoms with E-state index in [1.54, 1.807) is 43.3 Å². The first-order valence-electron chi connectivity index (χ1n) is 8.27. The molecule has 0 aliphatic heterocycles. The van der Waals surface area contributed by atoms with Gasteiger partial charge in [0.1, 0.15) is 11.6 Å². The van der Waals surface area contributed by atoms with Crippen LogP contribution >= 0.6 is 23.2 Å². The summed E-state index contributed by atoms with van der Waals surface area (Å²) in [6.07, 6.45) is 0.437. The molecular weight excluding hydrogens is 417 g/mol. The van der Waals surface area contributed by atoms with Crippen molar-refractivity contribution in [1.82, 2.24) is 0 Å². The van der Waals surface area contributed by atoms with Crippen LogP contribution in [-0.2, 0) is 9.59 Å². The predicted octanol–water partition coefficient (Wildman–Crippen LogP) is 3.80. The van der Waals surface area contributed by atoms with Gasteiger partial charge < -0.3 is 20.5 Å². The lowest BCUT2D eigenvalue weighted by molar-refractivity contribution is -0.122. The highest BCUT2D eigenvalue weighted by Gasteiger charge is 2.18. The van der Waals surface area contributed by atoms with E-state index in [1.807, 2.05) is 0 Å². The summed E-state index contributed by atoms with van der Waals surface area (Å²) in [5.41, 5.74) is 5.80. The molecule has 0 saturated heterocycles. The lowest BCUT2D eigenvalue weighted by Crippen LogP contribution is -2.30. The van der Waals surface area contributed by atoms with E-state index < -0.39 is 17.9 Å². The van der Waals surface area contributed by atoms with E-state index in [1.165, 1.54) is 19.3 Å². The SMILES string of the molecule is COc1cc(C=C(C#N)C(N)=O)ccc1OC(C)C(=O)Nc1cc(Cl)ccc1Cl. The van der Waals surface area contributed by atoms with Crippen molar-refractivity contribution < 1.29 is 19.1 Å². The van der Waals surface area contributed by atoms with Gasteiger partial charge in [0.05, 0.1) is 17.8 Å². The van der Waals surface area contributed by atoms with Crippen molar-refractivity contribution in [3.63, 3.8) is 0 Å². The first-order chi connectivity index (χ1) is 13.7. The molecule has 0 spiro atoms. The molecule has 0 radical (unpaired) electrons. The van der Waals surface area contributed by atoms with Crippen LogP contribution in [-0.4, -0.2) is 25.0 Å². The predicted molar refractivity (Wildman–Crippen MR) is 111 cm³/mol. The fourth-order valence-corrected chi connectivity index (χ4v) is 2.61. The molecule has 29 heavy (non-hydrogen) atoms. The molecule has 0 heterocycles. The number of anilines is 1. The highest BCUT2D eigenvalue weighted by molar-refractivity contribution is 6.35. The summed E-state index contributed by atoms with van der Waals surface area (Å²) in [6.45, 7) is 1.56. The molecule has 0 aromatic heterocycles. The Morgan fingerprint density at radius 1 is 1.21 bits per heavy atom. The van der Waals surface area contributed by atoms with Crippen LogP contribution in [0.2, 0.25) is 10.0 Å². The third-order valence-electron chi connectivity index (χ3n) is 3.74. The second kappa shape index (κ2) is 9.82. The third kappa shape index (κ3) is 5.88. The minimum atomic E-state index is -0.888. The summed E-state index contributed by atoms with van der Waals surface area (Å²) < 4.78 is 11.0. The number of nitriles is 1. The number of amides is 2. The normalized spacial score (nSPS) is 11.9.